The maximum absolute atomic E-state index is 12.8. The van der Waals surface area contributed by atoms with Gasteiger partial charge >= 0.3 is 12.6 Å². The first-order chi connectivity index (χ1) is 14.7. The molecular formula is C22H26F2N2O5. The minimum Gasteiger partial charge on any atom is -0.493 e. The molecule has 168 valence electrons. The van der Waals surface area contributed by atoms with E-state index in [-0.39, 0.29) is 22.7 Å². The fraction of sp³-hybridized carbons (Fsp3) is 0.364. The number of benzene rings is 2. The van der Waals surface area contributed by atoms with Crippen LogP contribution in [0.1, 0.15) is 41.5 Å². The lowest BCUT2D eigenvalue weighted by Gasteiger charge is -2.27. The fourth-order valence-electron chi connectivity index (χ4n) is 3.13. The van der Waals surface area contributed by atoms with Crippen LogP contribution < -0.4 is 19.7 Å². The first kappa shape index (κ1) is 23.9. The fourth-order valence-corrected chi connectivity index (χ4v) is 3.13. The minimum absolute atomic E-state index is 0.0465. The van der Waals surface area contributed by atoms with Gasteiger partial charge in [-0.15, -0.1) is 0 Å². The van der Waals surface area contributed by atoms with Crippen LogP contribution in [0.2, 0.25) is 0 Å². The summed E-state index contributed by atoms with van der Waals surface area (Å²) in [7, 11) is 2.40. The summed E-state index contributed by atoms with van der Waals surface area (Å²) in [4.78, 5) is 27.1. The molecule has 0 aliphatic rings. The minimum atomic E-state index is -3.11. The van der Waals surface area contributed by atoms with Crippen molar-refractivity contribution >= 4 is 23.3 Å². The van der Waals surface area contributed by atoms with E-state index in [1.807, 2.05) is 19.1 Å². The topological polar surface area (TPSA) is 77.1 Å². The van der Waals surface area contributed by atoms with Crippen LogP contribution in [0.5, 0.6) is 11.5 Å². The van der Waals surface area contributed by atoms with Gasteiger partial charge in [0.25, 0.3) is 5.91 Å². The molecule has 0 spiro atoms. The molecule has 2 rings (SSSR count). The number of carbonyl (C=O) groups is 2. The van der Waals surface area contributed by atoms with Crippen molar-refractivity contribution < 1.29 is 32.6 Å². The molecule has 7 nitrogen and oxygen atoms in total. The molecule has 0 bridgehead atoms. The summed E-state index contributed by atoms with van der Waals surface area (Å²) in [5, 5.41) is 2.56. The van der Waals surface area contributed by atoms with Crippen molar-refractivity contribution in [3.8, 4) is 11.5 Å². The summed E-state index contributed by atoms with van der Waals surface area (Å²) < 4.78 is 39.7. The Hall–Kier alpha value is -3.36. The number of hydrogen-bond acceptors (Lipinski definition) is 6. The molecule has 0 aliphatic heterocycles. The second kappa shape index (κ2) is 10.6. The molecular weight excluding hydrogens is 410 g/mol. The maximum Gasteiger partial charge on any atom is 0.387 e. The van der Waals surface area contributed by atoms with Gasteiger partial charge in [0.2, 0.25) is 0 Å². The summed E-state index contributed by atoms with van der Waals surface area (Å²) in [5.74, 6) is -1.73. The lowest BCUT2D eigenvalue weighted by molar-refractivity contribution is -0.0511. The van der Waals surface area contributed by atoms with E-state index in [1.165, 1.54) is 13.2 Å². The number of alkyl halides is 2. The molecule has 0 aromatic heterocycles. The van der Waals surface area contributed by atoms with Crippen molar-refractivity contribution in [3.05, 3.63) is 47.5 Å². The molecule has 0 atom stereocenters. The van der Waals surface area contributed by atoms with Crippen LogP contribution >= 0.6 is 0 Å². The molecule has 0 fully saturated rings. The highest BCUT2D eigenvalue weighted by Crippen LogP contribution is 2.35. The summed E-state index contributed by atoms with van der Waals surface area (Å²) >= 11 is 0. The highest BCUT2D eigenvalue weighted by molar-refractivity contribution is 6.08. The van der Waals surface area contributed by atoms with Crippen molar-refractivity contribution in [3.63, 3.8) is 0 Å². The number of rotatable bonds is 9. The van der Waals surface area contributed by atoms with Gasteiger partial charge in [0.15, 0.2) is 11.5 Å². The van der Waals surface area contributed by atoms with Crippen LogP contribution in [-0.2, 0) is 4.74 Å². The van der Waals surface area contributed by atoms with Crippen molar-refractivity contribution in [1.29, 1.82) is 0 Å². The van der Waals surface area contributed by atoms with Gasteiger partial charge in [0, 0.05) is 36.0 Å². The van der Waals surface area contributed by atoms with E-state index in [9.17, 15) is 18.4 Å². The zero-order chi connectivity index (χ0) is 23.1. The van der Waals surface area contributed by atoms with Gasteiger partial charge in [-0.3, -0.25) is 4.79 Å². The average molecular weight is 436 g/mol. The summed E-state index contributed by atoms with van der Waals surface area (Å²) in [6.45, 7) is 3.88. The van der Waals surface area contributed by atoms with Gasteiger partial charge in [0.05, 0.1) is 25.5 Å². The van der Waals surface area contributed by atoms with Crippen molar-refractivity contribution in [2.24, 2.45) is 0 Å². The smallest absolute Gasteiger partial charge is 0.387 e. The molecule has 0 aliphatic carbocycles. The van der Waals surface area contributed by atoms with E-state index < -0.39 is 18.5 Å². The number of nitrogens with one attached hydrogen (secondary N) is 1. The zero-order valence-electron chi connectivity index (χ0n) is 18.1. The number of esters is 1. The normalized spacial score (nSPS) is 10.7. The number of ether oxygens (including phenoxy) is 3. The van der Waals surface area contributed by atoms with E-state index in [1.54, 1.807) is 12.1 Å². The van der Waals surface area contributed by atoms with Gasteiger partial charge < -0.3 is 24.4 Å². The third-order valence-electron chi connectivity index (χ3n) is 4.60. The Morgan fingerprint density at radius 3 is 2.19 bits per heavy atom. The first-order valence-corrected chi connectivity index (χ1v) is 9.65. The zero-order valence-corrected chi connectivity index (χ0v) is 18.1. The predicted molar refractivity (Wildman–Crippen MR) is 114 cm³/mol. The molecule has 9 heteroatoms. The largest absolute Gasteiger partial charge is 0.493 e. The Labute approximate surface area is 179 Å². The van der Waals surface area contributed by atoms with E-state index in [0.717, 1.165) is 25.4 Å². The number of nitrogens with zero attached hydrogens (tertiary/aromatic N) is 1. The highest BCUT2D eigenvalue weighted by atomic mass is 19.3. The third-order valence-corrected chi connectivity index (χ3v) is 4.60. The van der Waals surface area contributed by atoms with Gasteiger partial charge in [-0.05, 0) is 45.0 Å². The van der Waals surface area contributed by atoms with Crippen LogP contribution in [0.25, 0.3) is 0 Å². The second-order valence-electron chi connectivity index (χ2n) is 6.80. The van der Waals surface area contributed by atoms with Crippen molar-refractivity contribution in [1.82, 2.24) is 0 Å². The maximum atomic E-state index is 12.8. The Morgan fingerprint density at radius 2 is 1.71 bits per heavy atom. The number of anilines is 2. The van der Waals surface area contributed by atoms with Crippen LogP contribution in [0.15, 0.2) is 36.4 Å². The van der Waals surface area contributed by atoms with Gasteiger partial charge in [0.1, 0.15) is 0 Å². The Bertz CT molecular complexity index is 917. The lowest BCUT2D eigenvalue weighted by atomic mass is 10.1. The molecule has 31 heavy (non-hydrogen) atoms. The number of hydrogen-bond donors (Lipinski definition) is 1. The Balaban J connectivity index is 2.37. The predicted octanol–water partition coefficient (Wildman–Crippen LogP) is 4.57. The van der Waals surface area contributed by atoms with Gasteiger partial charge in [-0.25, -0.2) is 4.79 Å². The van der Waals surface area contributed by atoms with Crippen LogP contribution in [0, 0.1) is 0 Å². The van der Waals surface area contributed by atoms with Crippen molar-refractivity contribution in [2.75, 3.05) is 31.0 Å². The highest BCUT2D eigenvalue weighted by Gasteiger charge is 2.21. The molecule has 2 aromatic rings. The quantitative estimate of drug-likeness (QED) is 0.581. The standard InChI is InChI=1S/C22H26F2N2O5/c1-6-26(13(2)3)15-9-7-14(8-10-15)20(27)25-17-12-19(31-22(23)24)18(29-4)11-16(17)21(28)30-5/h7-13,22H,6H2,1-5H3,(H,25,27). The average Bonchev–Trinajstić information content (AvgIpc) is 2.73. The van der Waals surface area contributed by atoms with E-state index in [0.29, 0.717) is 11.6 Å². The molecule has 0 heterocycles. The summed E-state index contributed by atoms with van der Waals surface area (Å²) in [6, 6.07) is 9.49. The Kier molecular flexibility index (Phi) is 8.18. The molecule has 0 unspecified atom stereocenters. The SMILES string of the molecule is CCN(c1ccc(C(=O)Nc2cc(OC(F)F)c(OC)cc2C(=O)OC)cc1)C(C)C. The Morgan fingerprint density at radius 1 is 1.06 bits per heavy atom. The summed E-state index contributed by atoms with van der Waals surface area (Å²) in [6.07, 6.45) is 0. The van der Waals surface area contributed by atoms with E-state index in [4.69, 9.17) is 9.47 Å². The molecule has 0 radical (unpaired) electrons. The van der Waals surface area contributed by atoms with Crippen molar-refractivity contribution in [2.45, 2.75) is 33.4 Å². The monoisotopic (exact) mass is 436 g/mol. The molecule has 1 N–H and O–H groups in total. The number of amides is 1. The van der Waals surface area contributed by atoms with Crippen LogP contribution in [-0.4, -0.2) is 45.3 Å². The number of carbonyl (C=O) groups excluding carboxylic acids is 2. The molecule has 0 saturated heterocycles. The van der Waals surface area contributed by atoms with E-state index >= 15 is 0 Å². The lowest BCUT2D eigenvalue weighted by Crippen LogP contribution is -2.30. The third kappa shape index (κ3) is 5.84. The molecule has 0 saturated carbocycles. The second-order valence-corrected chi connectivity index (χ2v) is 6.80. The summed E-state index contributed by atoms with van der Waals surface area (Å²) in [5.41, 5.74) is 1.17. The molecule has 2 aromatic carbocycles. The van der Waals surface area contributed by atoms with Gasteiger partial charge in [-0.1, -0.05) is 0 Å². The van der Waals surface area contributed by atoms with Gasteiger partial charge in [-0.2, -0.15) is 8.78 Å². The van der Waals surface area contributed by atoms with E-state index in [2.05, 4.69) is 28.8 Å². The molecule has 1 amide bonds. The first-order valence-electron chi connectivity index (χ1n) is 9.65. The van der Waals surface area contributed by atoms with Crippen LogP contribution in [0.4, 0.5) is 20.2 Å². The van der Waals surface area contributed by atoms with Crippen LogP contribution in [0.3, 0.4) is 0 Å². The number of halogens is 2. The number of methoxy groups -OCH3 is 2.